The van der Waals surface area contributed by atoms with Crippen molar-refractivity contribution in [3.05, 3.63) is 65.5 Å². The van der Waals surface area contributed by atoms with E-state index in [4.69, 9.17) is 14.2 Å². The van der Waals surface area contributed by atoms with Crippen molar-refractivity contribution >= 4 is 23.4 Å². The van der Waals surface area contributed by atoms with Crippen LogP contribution in [-0.4, -0.2) is 38.9 Å². The molecule has 3 aromatic carbocycles. The zero-order valence-electron chi connectivity index (χ0n) is 21.6. The summed E-state index contributed by atoms with van der Waals surface area (Å²) in [6.07, 6.45) is -0.850. The molecular formula is C28H29FN2O6. The van der Waals surface area contributed by atoms with Gasteiger partial charge in [-0.05, 0) is 56.2 Å². The predicted molar refractivity (Wildman–Crippen MR) is 138 cm³/mol. The van der Waals surface area contributed by atoms with Gasteiger partial charge in [-0.15, -0.1) is 0 Å². The van der Waals surface area contributed by atoms with E-state index in [1.807, 2.05) is 32.9 Å². The van der Waals surface area contributed by atoms with Crippen molar-refractivity contribution < 1.29 is 32.9 Å². The van der Waals surface area contributed by atoms with Gasteiger partial charge in [-0.3, -0.25) is 4.79 Å². The number of nitrogens with one attached hydrogen (secondary N) is 1. The molecule has 0 saturated heterocycles. The number of halogens is 1. The number of methoxy groups -OCH3 is 2. The van der Waals surface area contributed by atoms with Gasteiger partial charge in [0.05, 0.1) is 25.6 Å². The van der Waals surface area contributed by atoms with Crippen LogP contribution >= 0.6 is 0 Å². The molecule has 0 fully saturated rings. The van der Waals surface area contributed by atoms with E-state index in [1.165, 1.54) is 26.4 Å². The molecule has 1 aliphatic rings. The summed E-state index contributed by atoms with van der Waals surface area (Å²) in [7, 11) is 4.45. The second-order valence-electron chi connectivity index (χ2n) is 9.22. The van der Waals surface area contributed by atoms with Crippen molar-refractivity contribution in [2.45, 2.75) is 32.9 Å². The number of benzene rings is 3. The Kier molecular flexibility index (Phi) is 6.98. The van der Waals surface area contributed by atoms with Gasteiger partial charge < -0.3 is 29.2 Å². The molecule has 194 valence electrons. The fourth-order valence-corrected chi connectivity index (χ4v) is 4.40. The van der Waals surface area contributed by atoms with Gasteiger partial charge >= 0.3 is 6.16 Å². The van der Waals surface area contributed by atoms with E-state index in [0.29, 0.717) is 28.3 Å². The molecule has 8 nitrogen and oxygen atoms in total. The number of amides is 1. The minimum absolute atomic E-state index is 0.0477. The average molecular weight is 509 g/mol. The Morgan fingerprint density at radius 1 is 1.03 bits per heavy atom. The highest BCUT2D eigenvalue weighted by molar-refractivity contribution is 6.08. The lowest BCUT2D eigenvalue weighted by atomic mass is 9.91. The Balaban J connectivity index is 1.86. The Hall–Kier alpha value is -4.27. The Morgan fingerprint density at radius 2 is 1.76 bits per heavy atom. The molecule has 0 aliphatic carbocycles. The minimum Gasteiger partial charge on any atom is -0.496 e. The van der Waals surface area contributed by atoms with Gasteiger partial charge in [-0.2, -0.15) is 0 Å². The number of hydrogen-bond donors (Lipinski definition) is 1. The van der Waals surface area contributed by atoms with Crippen LogP contribution in [-0.2, 0) is 16.1 Å². The van der Waals surface area contributed by atoms with Crippen LogP contribution in [0.1, 0.15) is 25.0 Å². The van der Waals surface area contributed by atoms with E-state index >= 15 is 0 Å². The SMILES string of the molecule is COC(=O)Oc1ccc(-c2ccc3c(c2COc2cc(F)ccc2C)N(C)C(=O)C(C)(C)N3)c(OC)c1. The summed E-state index contributed by atoms with van der Waals surface area (Å²) < 4.78 is 35.4. The summed E-state index contributed by atoms with van der Waals surface area (Å²) in [6.45, 7) is 5.51. The third-order valence-corrected chi connectivity index (χ3v) is 6.26. The molecule has 0 aromatic heterocycles. The van der Waals surface area contributed by atoms with Crippen molar-refractivity contribution in [2.24, 2.45) is 0 Å². The maximum atomic E-state index is 13.9. The fraction of sp³-hybridized carbons (Fsp3) is 0.286. The maximum Gasteiger partial charge on any atom is 0.513 e. The molecule has 0 saturated carbocycles. The number of nitrogens with zero attached hydrogens (tertiary/aromatic N) is 1. The zero-order valence-corrected chi connectivity index (χ0v) is 21.6. The van der Waals surface area contributed by atoms with Crippen LogP contribution in [0.15, 0.2) is 48.5 Å². The van der Waals surface area contributed by atoms with Gasteiger partial charge in [0.2, 0.25) is 0 Å². The van der Waals surface area contributed by atoms with Crippen LogP contribution in [0.4, 0.5) is 20.6 Å². The molecule has 1 amide bonds. The van der Waals surface area contributed by atoms with Crippen LogP contribution in [0.25, 0.3) is 11.1 Å². The number of aryl methyl sites for hydroxylation is 1. The van der Waals surface area contributed by atoms with Gasteiger partial charge in [0.25, 0.3) is 5.91 Å². The lowest BCUT2D eigenvalue weighted by molar-refractivity contribution is -0.121. The number of carbonyl (C=O) groups excluding carboxylic acids is 2. The first kappa shape index (κ1) is 25.8. The standard InChI is InChI=1S/C28H29FN2O6/c1-16-7-8-17(29)13-23(16)36-15-21-19(11-12-22-25(21)31(4)26(32)28(2,3)30-22)20-10-9-18(14-24(20)34-5)37-27(33)35-6/h7-14,30H,15H2,1-6H3. The van der Waals surface area contributed by atoms with Crippen LogP contribution in [0, 0.1) is 12.7 Å². The number of hydrogen-bond acceptors (Lipinski definition) is 7. The summed E-state index contributed by atoms with van der Waals surface area (Å²) in [5, 5.41) is 3.31. The highest BCUT2D eigenvalue weighted by Crippen LogP contribution is 2.45. The van der Waals surface area contributed by atoms with E-state index in [0.717, 1.165) is 16.8 Å². The molecule has 9 heteroatoms. The van der Waals surface area contributed by atoms with E-state index in [2.05, 4.69) is 10.1 Å². The van der Waals surface area contributed by atoms with Gasteiger partial charge in [-0.25, -0.2) is 9.18 Å². The summed E-state index contributed by atoms with van der Waals surface area (Å²) in [5.41, 5.74) is 3.49. The molecule has 37 heavy (non-hydrogen) atoms. The molecule has 1 N–H and O–H groups in total. The topological polar surface area (TPSA) is 86.3 Å². The number of anilines is 2. The van der Waals surface area contributed by atoms with Crippen molar-refractivity contribution in [3.8, 4) is 28.4 Å². The Morgan fingerprint density at radius 3 is 2.46 bits per heavy atom. The molecule has 0 bridgehead atoms. The minimum atomic E-state index is -0.850. The van der Waals surface area contributed by atoms with E-state index in [-0.39, 0.29) is 18.3 Å². The van der Waals surface area contributed by atoms with E-state index < -0.39 is 17.5 Å². The van der Waals surface area contributed by atoms with Crippen molar-refractivity contribution in [1.29, 1.82) is 0 Å². The van der Waals surface area contributed by atoms with Gasteiger partial charge in [0.1, 0.15) is 35.2 Å². The monoisotopic (exact) mass is 508 g/mol. The number of rotatable bonds is 6. The maximum absolute atomic E-state index is 13.9. The molecule has 1 aliphatic heterocycles. The molecule has 0 atom stereocenters. The molecular weight excluding hydrogens is 479 g/mol. The third kappa shape index (κ3) is 5.02. The van der Waals surface area contributed by atoms with Crippen LogP contribution in [0.2, 0.25) is 0 Å². The van der Waals surface area contributed by atoms with Gasteiger partial charge in [0.15, 0.2) is 0 Å². The molecule has 1 heterocycles. The lowest BCUT2D eigenvalue weighted by Crippen LogP contribution is -2.52. The van der Waals surface area contributed by atoms with Crippen molar-refractivity contribution in [2.75, 3.05) is 31.5 Å². The quantitative estimate of drug-likeness (QED) is 0.338. The van der Waals surface area contributed by atoms with Gasteiger partial charge in [-0.1, -0.05) is 12.1 Å². The van der Waals surface area contributed by atoms with E-state index in [1.54, 1.807) is 36.2 Å². The molecule has 0 unspecified atom stereocenters. The summed E-state index contributed by atoms with van der Waals surface area (Å²) >= 11 is 0. The zero-order chi connectivity index (χ0) is 26.9. The number of fused-ring (bicyclic) bond motifs is 1. The van der Waals surface area contributed by atoms with Crippen LogP contribution in [0.5, 0.6) is 17.2 Å². The van der Waals surface area contributed by atoms with Gasteiger partial charge in [0, 0.05) is 30.3 Å². The van der Waals surface area contributed by atoms with Crippen molar-refractivity contribution in [3.63, 3.8) is 0 Å². The first-order valence-corrected chi connectivity index (χ1v) is 11.6. The normalized spacial score (nSPS) is 13.9. The first-order valence-electron chi connectivity index (χ1n) is 11.6. The number of ether oxygens (including phenoxy) is 4. The molecule has 4 rings (SSSR count). The highest BCUT2D eigenvalue weighted by Gasteiger charge is 2.38. The Bertz CT molecular complexity index is 1370. The number of carbonyl (C=O) groups is 2. The van der Waals surface area contributed by atoms with Crippen LogP contribution < -0.4 is 24.4 Å². The van der Waals surface area contributed by atoms with E-state index in [9.17, 15) is 14.0 Å². The third-order valence-electron chi connectivity index (χ3n) is 6.26. The largest absolute Gasteiger partial charge is 0.513 e. The summed E-state index contributed by atoms with van der Waals surface area (Å²) in [6, 6.07) is 13.1. The molecule has 0 radical (unpaired) electrons. The Labute approximate surface area is 214 Å². The second-order valence-corrected chi connectivity index (χ2v) is 9.22. The lowest BCUT2D eigenvalue weighted by Gasteiger charge is -2.39. The smallest absolute Gasteiger partial charge is 0.496 e. The average Bonchev–Trinajstić information content (AvgIpc) is 2.87. The predicted octanol–water partition coefficient (Wildman–Crippen LogP) is 5.70. The number of likely N-dealkylation sites (N-methyl/N-ethyl adjacent to an activating group) is 1. The first-order chi connectivity index (χ1) is 17.6. The second kappa shape index (κ2) is 10.0. The molecule has 3 aromatic rings. The van der Waals surface area contributed by atoms with Crippen molar-refractivity contribution in [1.82, 2.24) is 0 Å². The summed E-state index contributed by atoms with van der Waals surface area (Å²) in [4.78, 5) is 26.3. The van der Waals surface area contributed by atoms with Crippen LogP contribution in [0.3, 0.4) is 0 Å². The fourth-order valence-electron chi connectivity index (χ4n) is 4.40. The molecule has 0 spiro atoms. The highest BCUT2D eigenvalue weighted by atomic mass is 19.1. The summed E-state index contributed by atoms with van der Waals surface area (Å²) in [5.74, 6) is 0.552.